The number of aliphatic hydroxyl groups excluding tert-OH is 1. The first-order valence-corrected chi connectivity index (χ1v) is 16.9. The number of aliphatic hydroxyl groups is 1. The number of aromatic amines is 1. The highest BCUT2D eigenvalue weighted by atomic mass is 19.4. The number of rotatable bonds is 8. The van der Waals surface area contributed by atoms with E-state index >= 15 is 4.39 Å². The summed E-state index contributed by atoms with van der Waals surface area (Å²) in [5.74, 6) is -0.924. The standard InChI is InChI=1S/C30H38F4N8O2.C2H6.CH4O/c1-3-11-36-15-18-7-4-8-19-21-24(23(31)26(38-19)25-22(30(32,33)34)17(2)14-20(35)44-41-25)39-28(40-27(21)37-18)43-16-29-9-5-12-42(29)13-6-10-29;2*1-2/h14,18,36H,3-13,15-16,35H2,1-2H3,(H,37,39,40);1-2H3;2H,1H3/p+1. The number of nitrogens with two attached hydrogens (primary N) is 1. The Morgan fingerprint density at radius 3 is 2.56 bits per heavy atom. The molecular weight excluding hydrogens is 632 g/mol. The average Bonchev–Trinajstić information content (AvgIpc) is 3.59. The number of aromatic nitrogens is 3. The molecule has 2 aromatic rings. The van der Waals surface area contributed by atoms with Crippen LogP contribution in [-0.2, 0) is 11.3 Å². The molecule has 15 heteroatoms. The molecule has 48 heavy (non-hydrogen) atoms. The number of fused-ring (bicyclic) bond motifs is 1. The van der Waals surface area contributed by atoms with Gasteiger partial charge in [-0.15, -0.1) is 0 Å². The van der Waals surface area contributed by atoms with E-state index in [1.165, 1.54) is 6.92 Å². The number of oxime groups is 1. The van der Waals surface area contributed by atoms with E-state index in [0.29, 0.717) is 42.9 Å². The predicted octanol–water partition coefficient (Wildman–Crippen LogP) is 4.75. The highest BCUT2D eigenvalue weighted by Gasteiger charge is 2.46. The minimum atomic E-state index is -4.88. The quantitative estimate of drug-likeness (QED) is 0.229. The largest absolute Gasteiger partial charge is 0.439 e. The number of nitrogens with one attached hydrogen (secondary N) is 3. The Labute approximate surface area is 279 Å². The lowest BCUT2D eigenvalue weighted by molar-refractivity contribution is -0.383. The van der Waals surface area contributed by atoms with E-state index in [9.17, 15) is 13.2 Å². The molecule has 6 heterocycles. The van der Waals surface area contributed by atoms with Gasteiger partial charge in [0, 0.05) is 19.7 Å². The van der Waals surface area contributed by atoms with Crippen molar-refractivity contribution in [2.75, 3.05) is 45.2 Å². The Kier molecular flexibility index (Phi) is 12.6. The van der Waals surface area contributed by atoms with Crippen molar-refractivity contribution in [3.63, 3.8) is 0 Å². The third kappa shape index (κ3) is 7.84. The third-order valence-corrected chi connectivity index (χ3v) is 9.04. The maximum absolute atomic E-state index is 16.6. The van der Waals surface area contributed by atoms with Crippen LogP contribution in [0.15, 0.2) is 28.3 Å². The van der Waals surface area contributed by atoms with Crippen molar-refractivity contribution < 1.29 is 37.2 Å². The van der Waals surface area contributed by atoms with Crippen LogP contribution in [0.25, 0.3) is 10.9 Å². The van der Waals surface area contributed by atoms with E-state index < -0.39 is 29.0 Å². The lowest BCUT2D eigenvalue weighted by Gasteiger charge is -2.30. The number of alkyl halides is 3. The highest BCUT2D eigenvalue weighted by Crippen LogP contribution is 2.40. The number of pyridine rings is 1. The van der Waals surface area contributed by atoms with E-state index in [4.69, 9.17) is 20.4 Å². The van der Waals surface area contributed by atoms with Crippen LogP contribution in [0.1, 0.15) is 84.0 Å². The first-order chi connectivity index (χ1) is 23.1. The Bertz CT molecular complexity index is 1520. The van der Waals surface area contributed by atoms with Crippen molar-refractivity contribution in [3.05, 3.63) is 40.3 Å². The zero-order valence-electron chi connectivity index (χ0n) is 28.5. The van der Waals surface area contributed by atoms with E-state index in [1.807, 2.05) is 13.8 Å². The molecule has 6 N–H and O–H groups in total. The van der Waals surface area contributed by atoms with Gasteiger partial charge in [0.2, 0.25) is 11.7 Å². The van der Waals surface area contributed by atoms with E-state index in [-0.39, 0.29) is 34.6 Å². The summed E-state index contributed by atoms with van der Waals surface area (Å²) < 4.78 is 66.0. The van der Waals surface area contributed by atoms with Crippen LogP contribution in [0.5, 0.6) is 6.01 Å². The first kappa shape index (κ1) is 37.3. The number of aryl methyl sites for hydroxylation is 1. The zero-order valence-corrected chi connectivity index (χ0v) is 28.5. The van der Waals surface area contributed by atoms with Gasteiger partial charge in [0.1, 0.15) is 23.4 Å². The molecular formula is C33H49F4N8O3+. The van der Waals surface area contributed by atoms with Gasteiger partial charge >= 0.3 is 12.2 Å². The molecule has 1 unspecified atom stereocenters. The van der Waals surface area contributed by atoms with Crippen molar-refractivity contribution in [3.8, 4) is 6.01 Å². The molecule has 0 radical (unpaired) electrons. The van der Waals surface area contributed by atoms with Crippen LogP contribution < -0.4 is 26.1 Å². The zero-order chi connectivity index (χ0) is 35.1. The van der Waals surface area contributed by atoms with Crippen LogP contribution in [0.4, 0.5) is 23.4 Å². The molecule has 2 fully saturated rings. The second-order valence-electron chi connectivity index (χ2n) is 12.1. The normalized spacial score (nSPS) is 20.4. The predicted molar refractivity (Wildman–Crippen MR) is 176 cm³/mol. The maximum atomic E-state index is 16.6. The van der Waals surface area contributed by atoms with Gasteiger partial charge in [-0.3, -0.25) is 4.90 Å². The highest BCUT2D eigenvalue weighted by molar-refractivity contribution is 6.14. The van der Waals surface area contributed by atoms with Crippen molar-refractivity contribution in [2.45, 2.75) is 96.8 Å². The third-order valence-electron chi connectivity index (χ3n) is 9.04. The number of hydrogen-bond donors (Lipinski definition) is 4. The van der Waals surface area contributed by atoms with Gasteiger partial charge in [-0.25, -0.2) is 14.4 Å². The molecule has 2 aromatic heterocycles. The fourth-order valence-electron chi connectivity index (χ4n) is 7.00. The molecule has 0 bridgehead atoms. The maximum Gasteiger partial charge on any atom is 0.432 e. The summed E-state index contributed by atoms with van der Waals surface area (Å²) in [5, 5.41) is 17.9. The molecule has 6 rings (SSSR count). The van der Waals surface area contributed by atoms with E-state index in [2.05, 4.69) is 42.6 Å². The van der Waals surface area contributed by atoms with Crippen molar-refractivity contribution >= 4 is 22.4 Å². The van der Waals surface area contributed by atoms with Gasteiger partial charge in [0.05, 0.1) is 22.8 Å². The molecule has 0 aliphatic carbocycles. The summed E-state index contributed by atoms with van der Waals surface area (Å²) in [5.41, 5.74) is 3.01. The number of anilines is 1. The van der Waals surface area contributed by atoms with Gasteiger partial charge in [-0.2, -0.15) is 13.2 Å². The lowest BCUT2D eigenvalue weighted by Crippen LogP contribution is -2.44. The summed E-state index contributed by atoms with van der Waals surface area (Å²) in [6.07, 6.45) is 3.13. The molecule has 0 aromatic carbocycles. The van der Waals surface area contributed by atoms with E-state index in [0.717, 1.165) is 71.3 Å². The first-order valence-electron chi connectivity index (χ1n) is 16.9. The smallest absolute Gasteiger partial charge is 0.432 e. The Morgan fingerprint density at radius 1 is 1.19 bits per heavy atom. The number of ether oxygens (including phenoxy) is 1. The topological polar surface area (TPSA) is 144 Å². The summed E-state index contributed by atoms with van der Waals surface area (Å²) >= 11 is 0. The second kappa shape index (κ2) is 16.2. The number of H-pyrrole nitrogens is 1. The SMILES string of the molecule is CC.CCCNCC1CCCc2nc(C3=NOC(N)=CC(C)=C3C(F)(F)F)c(F)c3nc(OCC45CCCN4CCC5)[nH+]c(c23)N1.CO. The second-order valence-corrected chi connectivity index (χ2v) is 12.1. The molecule has 4 aliphatic heterocycles. The summed E-state index contributed by atoms with van der Waals surface area (Å²) in [7, 11) is 1.00. The summed E-state index contributed by atoms with van der Waals surface area (Å²) in [6, 6.07) is 0.102. The van der Waals surface area contributed by atoms with Gasteiger partial charge in [-0.05, 0) is 83.5 Å². The number of allylic oxidation sites excluding steroid dienone is 3. The van der Waals surface area contributed by atoms with Crippen molar-refractivity contribution in [2.24, 2.45) is 10.9 Å². The molecule has 0 saturated carbocycles. The summed E-state index contributed by atoms with van der Waals surface area (Å²) in [6.45, 7) is 11.3. The molecule has 4 aliphatic rings. The number of nitrogens with zero attached hydrogens (tertiary/aromatic N) is 4. The Hall–Kier alpha value is -3.56. The van der Waals surface area contributed by atoms with Gasteiger partial charge in [-0.1, -0.05) is 30.9 Å². The van der Waals surface area contributed by atoms with Crippen LogP contribution in [0.3, 0.4) is 0 Å². The summed E-state index contributed by atoms with van der Waals surface area (Å²) in [4.78, 5) is 19.7. The van der Waals surface area contributed by atoms with E-state index in [1.54, 1.807) is 0 Å². The Morgan fingerprint density at radius 2 is 1.90 bits per heavy atom. The number of halogens is 4. The van der Waals surface area contributed by atoms with Crippen LogP contribution in [-0.4, -0.2) is 83.3 Å². The molecule has 0 spiro atoms. The molecule has 1 atom stereocenters. The van der Waals surface area contributed by atoms with Crippen molar-refractivity contribution in [1.29, 1.82) is 0 Å². The van der Waals surface area contributed by atoms with Crippen molar-refractivity contribution in [1.82, 2.24) is 20.2 Å². The van der Waals surface area contributed by atoms with Gasteiger partial charge < -0.3 is 31.0 Å². The monoisotopic (exact) mass is 681 g/mol. The van der Waals surface area contributed by atoms with Gasteiger partial charge in [0.15, 0.2) is 11.3 Å². The fourth-order valence-corrected chi connectivity index (χ4v) is 7.00. The average molecular weight is 682 g/mol. The van der Waals surface area contributed by atoms with Gasteiger partial charge in [0.25, 0.3) is 0 Å². The fraction of sp³-hybridized carbons (Fsp3) is 0.636. The minimum absolute atomic E-state index is 0.0157. The minimum Gasteiger partial charge on any atom is -0.439 e. The molecule has 11 nitrogen and oxygen atoms in total. The molecule has 266 valence electrons. The van der Waals surface area contributed by atoms with Crippen LogP contribution >= 0.6 is 0 Å². The lowest BCUT2D eigenvalue weighted by atomic mass is 9.95. The Balaban J connectivity index is 0.00000125. The van der Waals surface area contributed by atoms with Crippen LogP contribution in [0, 0.1) is 5.82 Å². The number of hydrogen-bond acceptors (Lipinski definition) is 10. The molecule has 0 amide bonds. The molecule has 2 saturated heterocycles. The van der Waals surface area contributed by atoms with Crippen LogP contribution in [0.2, 0.25) is 0 Å².